The minimum atomic E-state index is 0.836. The van der Waals surface area contributed by atoms with E-state index < -0.39 is 0 Å². The number of rotatable bonds is 2. The third-order valence-electron chi connectivity index (χ3n) is 3.90. The van der Waals surface area contributed by atoms with E-state index in [9.17, 15) is 0 Å². The van der Waals surface area contributed by atoms with Crippen LogP contribution < -0.4 is 5.32 Å². The summed E-state index contributed by atoms with van der Waals surface area (Å²) in [6, 6.07) is 16.8. The Kier molecular flexibility index (Phi) is 3.04. The van der Waals surface area contributed by atoms with Gasteiger partial charge < -0.3 is 5.32 Å². The van der Waals surface area contributed by atoms with Crippen LogP contribution in [0.3, 0.4) is 0 Å². The Labute approximate surface area is 129 Å². The predicted molar refractivity (Wildman–Crippen MR) is 90.9 cm³/mol. The maximum Gasteiger partial charge on any atom is 0.145 e. The van der Waals surface area contributed by atoms with Gasteiger partial charge in [0.05, 0.1) is 11.0 Å². The summed E-state index contributed by atoms with van der Waals surface area (Å²) >= 11 is 0. The maximum atomic E-state index is 4.89. The van der Waals surface area contributed by atoms with Crippen LogP contribution in [0.5, 0.6) is 0 Å². The van der Waals surface area contributed by atoms with Crippen molar-refractivity contribution in [2.75, 3.05) is 6.54 Å². The molecule has 1 aromatic heterocycles. The van der Waals surface area contributed by atoms with Gasteiger partial charge in [-0.3, -0.25) is 4.57 Å². The van der Waals surface area contributed by atoms with Gasteiger partial charge in [0.25, 0.3) is 0 Å². The van der Waals surface area contributed by atoms with Gasteiger partial charge in [-0.15, -0.1) is 0 Å². The van der Waals surface area contributed by atoms with Crippen LogP contribution >= 0.6 is 0 Å². The molecular formula is C19H17N3. The van der Waals surface area contributed by atoms with Crippen molar-refractivity contribution in [1.29, 1.82) is 0 Å². The molecule has 0 fully saturated rings. The van der Waals surface area contributed by atoms with Crippen LogP contribution in [0, 0.1) is 6.92 Å². The average molecular weight is 287 g/mol. The van der Waals surface area contributed by atoms with E-state index in [2.05, 4.69) is 71.4 Å². The summed E-state index contributed by atoms with van der Waals surface area (Å²) in [5.74, 6) is 0.990. The van der Waals surface area contributed by atoms with Gasteiger partial charge in [0.15, 0.2) is 0 Å². The van der Waals surface area contributed by atoms with Crippen LogP contribution in [-0.2, 0) is 0 Å². The van der Waals surface area contributed by atoms with E-state index in [0.717, 1.165) is 34.7 Å². The molecule has 0 spiro atoms. The van der Waals surface area contributed by atoms with Gasteiger partial charge in [0.2, 0.25) is 0 Å². The Morgan fingerprint density at radius 2 is 1.95 bits per heavy atom. The molecule has 2 aromatic carbocycles. The SMILES string of the molecule is Cc1ccc2c(c1)nc(C1=CCNC=C1)n2-c1ccccc1. The molecule has 108 valence electrons. The number of dihydropyridines is 1. The standard InChI is InChI=1S/C19H17N3/c1-14-7-8-18-17(13-14)21-19(15-9-11-20-12-10-15)22(18)16-5-3-2-4-6-16/h2-11,13,20H,12H2,1H3. The van der Waals surface area contributed by atoms with E-state index >= 15 is 0 Å². The summed E-state index contributed by atoms with van der Waals surface area (Å²) in [6.45, 7) is 2.94. The Bertz CT molecular complexity index is 886. The smallest absolute Gasteiger partial charge is 0.145 e. The maximum absolute atomic E-state index is 4.89. The molecule has 0 aliphatic carbocycles. The number of allylic oxidation sites excluding steroid dienone is 2. The molecule has 0 atom stereocenters. The molecule has 1 aliphatic rings. The minimum Gasteiger partial charge on any atom is -0.387 e. The summed E-state index contributed by atoms with van der Waals surface area (Å²) in [5.41, 5.74) is 5.69. The molecule has 1 aliphatic heterocycles. The van der Waals surface area contributed by atoms with E-state index in [4.69, 9.17) is 4.98 Å². The molecule has 3 heteroatoms. The fourth-order valence-electron chi connectivity index (χ4n) is 2.84. The summed E-state index contributed by atoms with van der Waals surface area (Å²) in [6.07, 6.45) is 6.24. The van der Waals surface area contributed by atoms with Gasteiger partial charge >= 0.3 is 0 Å². The van der Waals surface area contributed by atoms with E-state index in [0.29, 0.717) is 0 Å². The second-order valence-corrected chi connectivity index (χ2v) is 5.50. The van der Waals surface area contributed by atoms with Gasteiger partial charge in [-0.1, -0.05) is 30.3 Å². The number of aromatic nitrogens is 2. The third-order valence-corrected chi connectivity index (χ3v) is 3.90. The molecule has 0 radical (unpaired) electrons. The molecule has 22 heavy (non-hydrogen) atoms. The first-order valence-electron chi connectivity index (χ1n) is 7.48. The van der Waals surface area contributed by atoms with Crippen molar-refractivity contribution in [3.8, 4) is 5.69 Å². The quantitative estimate of drug-likeness (QED) is 0.776. The second-order valence-electron chi connectivity index (χ2n) is 5.50. The van der Waals surface area contributed by atoms with Gasteiger partial charge in [-0.2, -0.15) is 0 Å². The van der Waals surface area contributed by atoms with Crippen LogP contribution in [0.4, 0.5) is 0 Å². The van der Waals surface area contributed by atoms with Crippen molar-refractivity contribution in [1.82, 2.24) is 14.9 Å². The van der Waals surface area contributed by atoms with E-state index in [1.54, 1.807) is 0 Å². The molecule has 0 bridgehead atoms. The van der Waals surface area contributed by atoms with Crippen LogP contribution in [0.1, 0.15) is 11.4 Å². The molecule has 4 rings (SSSR count). The first-order chi connectivity index (χ1) is 10.8. The van der Waals surface area contributed by atoms with Crippen molar-refractivity contribution < 1.29 is 0 Å². The minimum absolute atomic E-state index is 0.836. The molecule has 3 nitrogen and oxygen atoms in total. The third kappa shape index (κ3) is 2.11. The Morgan fingerprint density at radius 1 is 1.09 bits per heavy atom. The van der Waals surface area contributed by atoms with Gasteiger partial charge in [-0.25, -0.2) is 4.98 Å². The van der Waals surface area contributed by atoms with Crippen LogP contribution in [0.2, 0.25) is 0 Å². The number of benzene rings is 2. The van der Waals surface area contributed by atoms with Crippen LogP contribution in [-0.4, -0.2) is 16.1 Å². The van der Waals surface area contributed by atoms with Crippen molar-refractivity contribution in [3.05, 3.63) is 78.3 Å². The first-order valence-corrected chi connectivity index (χ1v) is 7.48. The lowest BCUT2D eigenvalue weighted by molar-refractivity contribution is 0.965. The molecule has 2 heterocycles. The van der Waals surface area contributed by atoms with Crippen LogP contribution in [0.15, 0.2) is 66.9 Å². The summed E-state index contributed by atoms with van der Waals surface area (Å²) in [5, 5.41) is 3.19. The fraction of sp³-hybridized carbons (Fsp3) is 0.105. The number of nitrogens with one attached hydrogen (secondary N) is 1. The average Bonchev–Trinajstić information content (AvgIpc) is 2.95. The highest BCUT2D eigenvalue weighted by molar-refractivity contribution is 5.85. The molecular weight excluding hydrogens is 270 g/mol. The molecule has 0 amide bonds. The lowest BCUT2D eigenvalue weighted by atomic mass is 10.2. The monoisotopic (exact) mass is 287 g/mol. The normalized spacial score (nSPS) is 14.0. The zero-order chi connectivity index (χ0) is 14.9. The molecule has 0 saturated heterocycles. The van der Waals surface area contributed by atoms with Gasteiger partial charge in [-0.05, 0) is 49.0 Å². The summed E-state index contributed by atoms with van der Waals surface area (Å²) < 4.78 is 2.23. The Balaban J connectivity index is 2.02. The largest absolute Gasteiger partial charge is 0.387 e. The highest BCUT2D eigenvalue weighted by Crippen LogP contribution is 2.27. The zero-order valence-corrected chi connectivity index (χ0v) is 12.5. The number of hydrogen-bond acceptors (Lipinski definition) is 2. The Morgan fingerprint density at radius 3 is 2.73 bits per heavy atom. The molecule has 1 N–H and O–H groups in total. The molecule has 0 unspecified atom stereocenters. The summed E-state index contributed by atoms with van der Waals surface area (Å²) in [4.78, 5) is 4.89. The number of para-hydroxylation sites is 1. The number of hydrogen-bond donors (Lipinski definition) is 1. The second kappa shape index (κ2) is 5.19. The predicted octanol–water partition coefficient (Wildman–Crippen LogP) is 3.83. The van der Waals surface area contributed by atoms with Crippen molar-refractivity contribution in [2.24, 2.45) is 0 Å². The Hall–Kier alpha value is -2.81. The number of nitrogens with zero attached hydrogens (tertiary/aromatic N) is 2. The molecule has 0 saturated carbocycles. The lowest BCUT2D eigenvalue weighted by Crippen LogP contribution is -2.10. The van der Waals surface area contributed by atoms with Crippen molar-refractivity contribution in [3.63, 3.8) is 0 Å². The first kappa shape index (κ1) is 12.9. The highest BCUT2D eigenvalue weighted by atomic mass is 15.1. The van der Waals surface area contributed by atoms with Gasteiger partial charge in [0, 0.05) is 17.8 Å². The zero-order valence-electron chi connectivity index (χ0n) is 12.5. The van der Waals surface area contributed by atoms with E-state index in [1.165, 1.54) is 5.56 Å². The lowest BCUT2D eigenvalue weighted by Gasteiger charge is -2.12. The fourth-order valence-corrected chi connectivity index (χ4v) is 2.84. The topological polar surface area (TPSA) is 29.9 Å². The number of imidazole rings is 1. The van der Waals surface area contributed by atoms with E-state index in [1.807, 2.05) is 12.3 Å². The highest BCUT2D eigenvalue weighted by Gasteiger charge is 2.15. The van der Waals surface area contributed by atoms with E-state index in [-0.39, 0.29) is 0 Å². The van der Waals surface area contributed by atoms with Crippen molar-refractivity contribution in [2.45, 2.75) is 6.92 Å². The number of fused-ring (bicyclic) bond motifs is 1. The number of aryl methyl sites for hydroxylation is 1. The van der Waals surface area contributed by atoms with Crippen LogP contribution in [0.25, 0.3) is 22.3 Å². The van der Waals surface area contributed by atoms with Gasteiger partial charge in [0.1, 0.15) is 5.82 Å². The van der Waals surface area contributed by atoms with Crippen molar-refractivity contribution >= 4 is 16.6 Å². The summed E-state index contributed by atoms with van der Waals surface area (Å²) in [7, 11) is 0. The molecule has 3 aromatic rings.